The Morgan fingerprint density at radius 1 is 1.00 bits per heavy atom. The molecule has 0 atom stereocenters. The number of nitrogens with zero attached hydrogens (tertiary/aromatic N) is 2. The summed E-state index contributed by atoms with van der Waals surface area (Å²) in [5, 5.41) is 7.20. The van der Waals surface area contributed by atoms with Crippen LogP contribution in [-0.2, 0) is 17.6 Å². The van der Waals surface area contributed by atoms with Gasteiger partial charge < -0.3 is 4.90 Å². The van der Waals surface area contributed by atoms with E-state index < -0.39 is 11.6 Å². The first-order chi connectivity index (χ1) is 13.9. The number of hydrogen-bond donors (Lipinski definition) is 1. The van der Waals surface area contributed by atoms with Gasteiger partial charge in [-0.3, -0.25) is 9.89 Å². The lowest BCUT2D eigenvalue weighted by Crippen LogP contribution is -2.28. The summed E-state index contributed by atoms with van der Waals surface area (Å²) in [4.78, 5) is 13.9. The summed E-state index contributed by atoms with van der Waals surface area (Å²) in [6.45, 7) is 0.571. The lowest BCUT2D eigenvalue weighted by atomic mass is 10.1. The summed E-state index contributed by atoms with van der Waals surface area (Å²) in [5.74, 6) is -2.13. The highest BCUT2D eigenvalue weighted by Gasteiger charge is 2.11. The van der Waals surface area contributed by atoms with Crippen LogP contribution in [0, 0.1) is 17.5 Å². The van der Waals surface area contributed by atoms with Crippen LogP contribution in [0.5, 0.6) is 0 Å². The minimum absolute atomic E-state index is 0.0497. The average Bonchev–Trinajstić information content (AvgIpc) is 3.18. The molecule has 0 saturated heterocycles. The number of aryl methyl sites for hydroxylation is 2. The van der Waals surface area contributed by atoms with Crippen molar-refractivity contribution >= 4 is 5.91 Å². The number of amides is 1. The van der Waals surface area contributed by atoms with E-state index in [1.54, 1.807) is 24.1 Å². The molecule has 3 rings (SSSR count). The minimum Gasteiger partial charge on any atom is -0.346 e. The number of aromatic amines is 1. The Morgan fingerprint density at radius 3 is 2.48 bits per heavy atom. The zero-order chi connectivity index (χ0) is 20.8. The third kappa shape index (κ3) is 5.70. The predicted octanol–water partition coefficient (Wildman–Crippen LogP) is 4.52. The predicted molar refractivity (Wildman–Crippen MR) is 105 cm³/mol. The van der Waals surface area contributed by atoms with Gasteiger partial charge in [-0.1, -0.05) is 6.07 Å². The standard InChI is InChI=1S/C22H22F3N3O/c1-28(22(29)11-5-15-4-10-19(24)20(25)13-15)12-2-3-18-14-21(27-26-18)16-6-8-17(23)9-7-16/h4,6-10,13-14H,2-3,5,11-12H2,1H3,(H,26,27). The molecule has 7 heteroatoms. The lowest BCUT2D eigenvalue weighted by molar-refractivity contribution is -0.129. The van der Waals surface area contributed by atoms with E-state index in [4.69, 9.17) is 0 Å². The maximum Gasteiger partial charge on any atom is 0.222 e. The highest BCUT2D eigenvalue weighted by Crippen LogP contribution is 2.18. The van der Waals surface area contributed by atoms with Crippen LogP contribution in [0.3, 0.4) is 0 Å². The van der Waals surface area contributed by atoms with Crippen molar-refractivity contribution in [3.63, 3.8) is 0 Å². The smallest absolute Gasteiger partial charge is 0.222 e. The second-order valence-electron chi connectivity index (χ2n) is 6.95. The average molecular weight is 401 g/mol. The van der Waals surface area contributed by atoms with Crippen LogP contribution < -0.4 is 0 Å². The van der Waals surface area contributed by atoms with Gasteiger partial charge in [0.15, 0.2) is 11.6 Å². The van der Waals surface area contributed by atoms with Gasteiger partial charge in [0.05, 0.1) is 5.69 Å². The number of benzene rings is 2. The molecule has 0 aliphatic rings. The zero-order valence-electron chi connectivity index (χ0n) is 16.1. The maximum atomic E-state index is 13.2. The fourth-order valence-electron chi connectivity index (χ4n) is 3.03. The molecule has 2 aromatic carbocycles. The lowest BCUT2D eigenvalue weighted by Gasteiger charge is -2.17. The number of hydrogen-bond acceptors (Lipinski definition) is 2. The first-order valence-corrected chi connectivity index (χ1v) is 9.40. The summed E-state index contributed by atoms with van der Waals surface area (Å²) in [7, 11) is 1.73. The maximum absolute atomic E-state index is 13.2. The Hall–Kier alpha value is -3.09. The first-order valence-electron chi connectivity index (χ1n) is 9.40. The molecule has 0 saturated carbocycles. The van der Waals surface area contributed by atoms with Gasteiger partial charge >= 0.3 is 0 Å². The molecular formula is C22H22F3N3O. The normalized spacial score (nSPS) is 10.9. The Labute approximate surface area is 167 Å². The van der Waals surface area contributed by atoms with Crippen LogP contribution in [-0.4, -0.2) is 34.6 Å². The SMILES string of the molecule is CN(CCCc1cc(-c2ccc(F)cc2)n[nH]1)C(=O)CCc1ccc(F)c(F)c1. The van der Waals surface area contributed by atoms with Gasteiger partial charge in [-0.15, -0.1) is 0 Å². The molecule has 0 aliphatic carbocycles. The largest absolute Gasteiger partial charge is 0.346 e. The summed E-state index contributed by atoms with van der Waals surface area (Å²) >= 11 is 0. The number of aromatic nitrogens is 2. The third-order valence-corrected chi connectivity index (χ3v) is 4.75. The molecule has 0 spiro atoms. The van der Waals surface area contributed by atoms with Gasteiger partial charge in [0, 0.05) is 31.3 Å². The van der Waals surface area contributed by atoms with E-state index >= 15 is 0 Å². The van der Waals surface area contributed by atoms with Crippen molar-refractivity contribution in [1.82, 2.24) is 15.1 Å². The number of H-pyrrole nitrogens is 1. The monoisotopic (exact) mass is 401 g/mol. The summed E-state index contributed by atoms with van der Waals surface area (Å²) < 4.78 is 39.2. The van der Waals surface area contributed by atoms with E-state index in [0.717, 1.165) is 41.9 Å². The van der Waals surface area contributed by atoms with Gasteiger partial charge in [-0.2, -0.15) is 5.10 Å². The van der Waals surface area contributed by atoms with Crippen molar-refractivity contribution < 1.29 is 18.0 Å². The van der Waals surface area contributed by atoms with Crippen LogP contribution in [0.1, 0.15) is 24.1 Å². The number of carbonyl (C=O) groups is 1. The highest BCUT2D eigenvalue weighted by molar-refractivity contribution is 5.76. The van der Waals surface area contributed by atoms with E-state index in [1.165, 1.54) is 18.2 Å². The number of carbonyl (C=O) groups excluding carboxylic acids is 1. The molecule has 0 unspecified atom stereocenters. The molecule has 152 valence electrons. The van der Waals surface area contributed by atoms with Gasteiger partial charge in [-0.25, -0.2) is 13.2 Å². The molecule has 0 radical (unpaired) electrons. The topological polar surface area (TPSA) is 49.0 Å². The molecule has 0 bridgehead atoms. The van der Waals surface area contributed by atoms with Crippen molar-refractivity contribution in [2.75, 3.05) is 13.6 Å². The van der Waals surface area contributed by atoms with Gasteiger partial charge in [-0.05, 0) is 67.3 Å². The quantitative estimate of drug-likeness (QED) is 0.603. The number of halogens is 3. The fourth-order valence-corrected chi connectivity index (χ4v) is 3.03. The van der Waals surface area contributed by atoms with Crippen molar-refractivity contribution in [3.8, 4) is 11.3 Å². The zero-order valence-corrected chi connectivity index (χ0v) is 16.1. The fraction of sp³-hybridized carbons (Fsp3) is 0.273. The molecule has 0 fully saturated rings. The molecule has 3 aromatic rings. The molecule has 1 N–H and O–H groups in total. The van der Waals surface area contributed by atoms with E-state index in [-0.39, 0.29) is 18.1 Å². The van der Waals surface area contributed by atoms with Gasteiger partial charge in [0.25, 0.3) is 0 Å². The van der Waals surface area contributed by atoms with Crippen LogP contribution in [0.4, 0.5) is 13.2 Å². The second-order valence-corrected chi connectivity index (χ2v) is 6.95. The van der Waals surface area contributed by atoms with Crippen molar-refractivity contribution in [3.05, 3.63) is 77.2 Å². The number of nitrogens with one attached hydrogen (secondary N) is 1. The molecule has 0 aliphatic heterocycles. The van der Waals surface area contributed by atoms with Crippen LogP contribution >= 0.6 is 0 Å². The van der Waals surface area contributed by atoms with E-state index in [1.807, 2.05) is 6.07 Å². The van der Waals surface area contributed by atoms with Crippen molar-refractivity contribution in [2.24, 2.45) is 0 Å². The summed E-state index contributed by atoms with van der Waals surface area (Å²) in [6.07, 6.45) is 2.07. The molecule has 1 amide bonds. The molecular weight excluding hydrogens is 379 g/mol. The van der Waals surface area contributed by atoms with Crippen LogP contribution in [0.25, 0.3) is 11.3 Å². The number of rotatable bonds is 8. The van der Waals surface area contributed by atoms with Crippen molar-refractivity contribution in [1.29, 1.82) is 0 Å². The van der Waals surface area contributed by atoms with E-state index in [0.29, 0.717) is 18.5 Å². The Morgan fingerprint density at radius 2 is 1.76 bits per heavy atom. The Bertz CT molecular complexity index is 970. The molecule has 29 heavy (non-hydrogen) atoms. The molecule has 4 nitrogen and oxygen atoms in total. The third-order valence-electron chi connectivity index (χ3n) is 4.75. The van der Waals surface area contributed by atoms with Crippen LogP contribution in [0.2, 0.25) is 0 Å². The summed E-state index contributed by atoms with van der Waals surface area (Å²) in [6, 6.07) is 11.7. The Kier molecular flexibility index (Phi) is 6.69. The van der Waals surface area contributed by atoms with E-state index in [2.05, 4.69) is 10.2 Å². The summed E-state index contributed by atoms with van der Waals surface area (Å²) in [5.41, 5.74) is 3.11. The van der Waals surface area contributed by atoms with E-state index in [9.17, 15) is 18.0 Å². The first kappa shape index (κ1) is 20.6. The second kappa shape index (κ2) is 9.41. The highest BCUT2D eigenvalue weighted by atomic mass is 19.2. The molecule has 1 heterocycles. The molecule has 1 aromatic heterocycles. The Balaban J connectivity index is 1.43. The van der Waals surface area contributed by atoms with Crippen LogP contribution in [0.15, 0.2) is 48.5 Å². The minimum atomic E-state index is -0.900. The van der Waals surface area contributed by atoms with Gasteiger partial charge in [0.1, 0.15) is 5.82 Å². The van der Waals surface area contributed by atoms with Gasteiger partial charge in [0.2, 0.25) is 5.91 Å². The van der Waals surface area contributed by atoms with Crippen molar-refractivity contribution in [2.45, 2.75) is 25.7 Å².